The molecule has 0 aliphatic carbocycles. The van der Waals surface area contributed by atoms with Crippen molar-refractivity contribution in [2.75, 3.05) is 31.1 Å². The van der Waals surface area contributed by atoms with E-state index < -0.39 is 5.38 Å². The van der Waals surface area contributed by atoms with E-state index in [9.17, 15) is 9.18 Å². The summed E-state index contributed by atoms with van der Waals surface area (Å²) in [5, 5.41) is -0.511. The number of rotatable bonds is 4. The van der Waals surface area contributed by atoms with Crippen molar-refractivity contribution in [3.05, 3.63) is 41.3 Å². The maximum absolute atomic E-state index is 13.6. The largest absolute Gasteiger partial charge is 0.353 e. The minimum absolute atomic E-state index is 0.0358. The highest BCUT2D eigenvalue weighted by Crippen LogP contribution is 2.27. The highest BCUT2D eigenvalue weighted by Gasteiger charge is 2.26. The zero-order valence-electron chi connectivity index (χ0n) is 15.9. The number of carbonyl (C=O) groups is 1. The Hall–Kier alpha value is -2.21. The summed E-state index contributed by atoms with van der Waals surface area (Å²) in [5.74, 6) is 1.05. The number of carbonyl (C=O) groups excluding carboxylic acids is 1. The van der Waals surface area contributed by atoms with Crippen LogP contribution < -0.4 is 4.90 Å². The number of hydrogen-bond donors (Lipinski definition) is 0. The van der Waals surface area contributed by atoms with E-state index in [0.29, 0.717) is 37.6 Å². The molecule has 7 heteroatoms. The van der Waals surface area contributed by atoms with E-state index in [1.165, 1.54) is 12.1 Å². The lowest BCUT2D eigenvalue weighted by Crippen LogP contribution is -2.51. The number of alkyl halides is 1. The molecule has 0 radical (unpaired) electrons. The van der Waals surface area contributed by atoms with Gasteiger partial charge >= 0.3 is 0 Å². The molecule has 1 saturated heterocycles. The third kappa shape index (κ3) is 4.21. The van der Waals surface area contributed by atoms with Gasteiger partial charge in [-0.05, 0) is 32.4 Å². The van der Waals surface area contributed by atoms with Crippen LogP contribution in [0, 0.1) is 12.7 Å². The van der Waals surface area contributed by atoms with Crippen molar-refractivity contribution in [2.45, 2.75) is 32.6 Å². The van der Waals surface area contributed by atoms with Gasteiger partial charge in [0.25, 0.3) is 0 Å². The zero-order valence-corrected chi connectivity index (χ0v) is 16.6. The van der Waals surface area contributed by atoms with Crippen molar-refractivity contribution in [2.24, 2.45) is 0 Å². The Morgan fingerprint density at radius 2 is 1.96 bits per heavy atom. The molecule has 5 nitrogen and oxygen atoms in total. The second kappa shape index (κ2) is 8.21. The van der Waals surface area contributed by atoms with Gasteiger partial charge in [0.15, 0.2) is 5.82 Å². The van der Waals surface area contributed by atoms with E-state index >= 15 is 0 Å². The number of halogens is 2. The molecule has 3 rings (SSSR count). The quantitative estimate of drug-likeness (QED) is 0.750. The molecular formula is C20H24ClFN4O. The van der Waals surface area contributed by atoms with Gasteiger partial charge in [-0.25, -0.2) is 14.4 Å². The highest BCUT2D eigenvalue weighted by molar-refractivity contribution is 6.30. The van der Waals surface area contributed by atoms with Crippen LogP contribution in [0.1, 0.15) is 25.1 Å². The van der Waals surface area contributed by atoms with Crippen molar-refractivity contribution >= 4 is 23.3 Å². The summed E-state index contributed by atoms with van der Waals surface area (Å²) >= 11 is 5.93. The third-order valence-corrected chi connectivity index (χ3v) is 5.05. The van der Waals surface area contributed by atoms with Gasteiger partial charge in [0.05, 0.1) is 0 Å². The smallest absolute Gasteiger partial charge is 0.240 e. The molecule has 1 aromatic heterocycles. The highest BCUT2D eigenvalue weighted by atomic mass is 35.5. The Morgan fingerprint density at radius 3 is 2.56 bits per heavy atom. The summed E-state index contributed by atoms with van der Waals surface area (Å²) < 4.78 is 13.6. The maximum Gasteiger partial charge on any atom is 0.240 e. The number of amides is 1. The lowest BCUT2D eigenvalue weighted by Gasteiger charge is -2.37. The summed E-state index contributed by atoms with van der Waals surface area (Å²) in [4.78, 5) is 25.4. The topological polar surface area (TPSA) is 49.3 Å². The molecule has 1 unspecified atom stereocenters. The average molecular weight is 391 g/mol. The van der Waals surface area contributed by atoms with Gasteiger partial charge < -0.3 is 9.80 Å². The molecule has 2 heterocycles. The van der Waals surface area contributed by atoms with Gasteiger partial charge in [-0.2, -0.15) is 0 Å². The van der Waals surface area contributed by atoms with Crippen molar-refractivity contribution in [3.63, 3.8) is 0 Å². The molecule has 1 atom stereocenters. The van der Waals surface area contributed by atoms with E-state index in [1.807, 2.05) is 13.0 Å². The summed E-state index contributed by atoms with van der Waals surface area (Å²) in [7, 11) is 0. The Labute approximate surface area is 164 Å². The van der Waals surface area contributed by atoms with Crippen LogP contribution in [0.15, 0.2) is 24.3 Å². The molecule has 1 aromatic carbocycles. The standard InChI is InChI=1S/C20H24ClFN4O/c1-4-17-14(3)23-18(15-6-5-7-16(22)12-15)24-19(17)25-8-10-26(11-9-25)20(27)13(2)21/h5-7,12-13H,4,8-11H2,1-3H3. The number of aromatic nitrogens is 2. The molecule has 144 valence electrons. The first-order valence-corrected chi connectivity index (χ1v) is 9.65. The van der Waals surface area contributed by atoms with Gasteiger partial charge in [0, 0.05) is 43.0 Å². The molecule has 1 fully saturated rings. The fourth-order valence-electron chi connectivity index (χ4n) is 3.40. The fraction of sp³-hybridized carbons (Fsp3) is 0.450. The number of aryl methyl sites for hydroxylation is 1. The molecule has 0 N–H and O–H groups in total. The van der Waals surface area contributed by atoms with E-state index in [0.717, 1.165) is 23.5 Å². The summed E-state index contributed by atoms with van der Waals surface area (Å²) in [6.45, 7) is 8.32. The van der Waals surface area contributed by atoms with Gasteiger partial charge in [-0.1, -0.05) is 19.1 Å². The van der Waals surface area contributed by atoms with Crippen molar-refractivity contribution in [1.29, 1.82) is 0 Å². The molecule has 2 aromatic rings. The number of hydrogen-bond acceptors (Lipinski definition) is 4. The Balaban J connectivity index is 1.90. The van der Waals surface area contributed by atoms with Crippen LogP contribution in [-0.2, 0) is 11.2 Å². The van der Waals surface area contributed by atoms with E-state index in [2.05, 4.69) is 16.8 Å². The molecule has 1 amide bonds. The molecule has 0 saturated carbocycles. The Kier molecular flexibility index (Phi) is 5.95. The average Bonchev–Trinajstić information content (AvgIpc) is 2.66. The molecule has 27 heavy (non-hydrogen) atoms. The number of nitrogens with zero attached hydrogens (tertiary/aromatic N) is 4. The summed E-state index contributed by atoms with van der Waals surface area (Å²) in [6.07, 6.45) is 0.808. The van der Waals surface area contributed by atoms with Crippen LogP contribution in [0.3, 0.4) is 0 Å². The molecule has 1 aliphatic rings. The van der Waals surface area contributed by atoms with Crippen LogP contribution >= 0.6 is 11.6 Å². The van der Waals surface area contributed by atoms with E-state index in [1.54, 1.807) is 17.9 Å². The van der Waals surface area contributed by atoms with Gasteiger partial charge in [-0.15, -0.1) is 11.6 Å². The second-order valence-electron chi connectivity index (χ2n) is 6.73. The fourth-order valence-corrected chi connectivity index (χ4v) is 3.54. The minimum Gasteiger partial charge on any atom is -0.353 e. The van der Waals surface area contributed by atoms with Crippen LogP contribution in [0.2, 0.25) is 0 Å². The molecule has 1 aliphatic heterocycles. The predicted octanol–water partition coefficient (Wildman–Crippen LogP) is 3.43. The maximum atomic E-state index is 13.6. The van der Waals surface area contributed by atoms with Crippen LogP contribution in [0.5, 0.6) is 0 Å². The molecule has 0 bridgehead atoms. The first-order valence-electron chi connectivity index (χ1n) is 9.22. The van der Waals surface area contributed by atoms with Gasteiger partial charge in [0.2, 0.25) is 5.91 Å². The van der Waals surface area contributed by atoms with Crippen molar-refractivity contribution in [1.82, 2.24) is 14.9 Å². The van der Waals surface area contributed by atoms with Crippen LogP contribution in [0.4, 0.5) is 10.2 Å². The monoisotopic (exact) mass is 390 g/mol. The first-order chi connectivity index (χ1) is 12.9. The van der Waals surface area contributed by atoms with Crippen LogP contribution in [0.25, 0.3) is 11.4 Å². The number of anilines is 1. The zero-order chi connectivity index (χ0) is 19.6. The van der Waals surface area contributed by atoms with E-state index in [-0.39, 0.29) is 11.7 Å². The predicted molar refractivity (Wildman–Crippen MR) is 106 cm³/mol. The Bertz CT molecular complexity index is 835. The van der Waals surface area contributed by atoms with Crippen molar-refractivity contribution < 1.29 is 9.18 Å². The lowest BCUT2D eigenvalue weighted by atomic mass is 10.1. The van der Waals surface area contributed by atoms with E-state index in [4.69, 9.17) is 16.6 Å². The SMILES string of the molecule is CCc1c(C)nc(-c2cccc(F)c2)nc1N1CCN(C(=O)C(C)Cl)CC1. The van der Waals surface area contributed by atoms with Crippen molar-refractivity contribution in [3.8, 4) is 11.4 Å². The molecular weight excluding hydrogens is 367 g/mol. The summed E-state index contributed by atoms with van der Waals surface area (Å²) in [6, 6.07) is 6.33. The van der Waals surface area contributed by atoms with Crippen LogP contribution in [-0.4, -0.2) is 52.3 Å². The van der Waals surface area contributed by atoms with Gasteiger partial charge in [0.1, 0.15) is 17.0 Å². The first kappa shape index (κ1) is 19.5. The Morgan fingerprint density at radius 1 is 1.26 bits per heavy atom. The minimum atomic E-state index is -0.511. The lowest BCUT2D eigenvalue weighted by molar-refractivity contribution is -0.130. The molecule has 0 spiro atoms. The number of piperazine rings is 1. The third-order valence-electron chi connectivity index (χ3n) is 4.86. The summed E-state index contributed by atoms with van der Waals surface area (Å²) in [5.41, 5.74) is 2.64. The normalized spacial score (nSPS) is 15.7. The second-order valence-corrected chi connectivity index (χ2v) is 7.38. The van der Waals surface area contributed by atoms with Gasteiger partial charge in [-0.3, -0.25) is 4.79 Å². The number of benzene rings is 1.